The summed E-state index contributed by atoms with van der Waals surface area (Å²) in [5, 5.41) is 16.9. The van der Waals surface area contributed by atoms with Gasteiger partial charge in [0.25, 0.3) is 0 Å². The van der Waals surface area contributed by atoms with E-state index in [0.717, 1.165) is 39.6 Å². The fraction of sp³-hybridized carbons (Fsp3) is 0.250. The Bertz CT molecular complexity index is 1700. The number of carboxylic acids is 1. The highest BCUT2D eigenvalue weighted by molar-refractivity contribution is 7.80. The van der Waals surface area contributed by atoms with Crippen LogP contribution in [0.5, 0.6) is 0 Å². The van der Waals surface area contributed by atoms with Gasteiger partial charge in [0.2, 0.25) is 5.91 Å². The lowest BCUT2D eigenvalue weighted by Gasteiger charge is -2.28. The van der Waals surface area contributed by atoms with Crippen molar-refractivity contribution >= 4 is 52.2 Å². The number of carbonyl (C=O) groups excluding carboxylic acids is 1. The van der Waals surface area contributed by atoms with E-state index in [0.29, 0.717) is 15.8 Å². The molecule has 1 fully saturated rings. The number of halogens is 1. The van der Waals surface area contributed by atoms with Crippen LogP contribution < -0.4 is 15.5 Å². The number of aryl methyl sites for hydroxylation is 2. The van der Waals surface area contributed by atoms with Gasteiger partial charge in [-0.2, -0.15) is 0 Å². The molecule has 0 saturated carbocycles. The monoisotopic (exact) mass is 601 g/mol. The van der Waals surface area contributed by atoms with Gasteiger partial charge in [0.1, 0.15) is 0 Å². The molecule has 0 bridgehead atoms. The number of rotatable bonds is 7. The van der Waals surface area contributed by atoms with Crippen LogP contribution in [0.2, 0.25) is 5.02 Å². The molecule has 2 atom stereocenters. The number of carbonyl (C=O) groups is 2. The van der Waals surface area contributed by atoms with Crippen molar-refractivity contribution in [3.63, 3.8) is 0 Å². The van der Waals surface area contributed by atoms with Gasteiger partial charge in [0.15, 0.2) is 5.11 Å². The van der Waals surface area contributed by atoms with Crippen LogP contribution in [0.15, 0.2) is 66.9 Å². The predicted molar refractivity (Wildman–Crippen MR) is 170 cm³/mol. The average molecular weight is 602 g/mol. The third kappa shape index (κ3) is 5.37. The minimum atomic E-state index is -0.976. The third-order valence-corrected chi connectivity index (χ3v) is 8.22. The Labute approximate surface area is 255 Å². The van der Waals surface area contributed by atoms with Crippen LogP contribution in [0.1, 0.15) is 64.5 Å². The zero-order valence-electron chi connectivity index (χ0n) is 24.0. The standard InChI is InChI=1S/C32H32ClN5O3S/c1-17(2)30(39)35-25-12-11-22(16-24(25)33)38-29(28(36-32(38)42)26-8-6-7-13-34-26)23-14-19(4)37(20(23)5)27-15-21(31(40)41)10-9-18(27)3/h6-17,28-29H,1-5H3,(H,35,39)(H,36,42)(H,40,41)/t28-,29-/m0/s1. The summed E-state index contributed by atoms with van der Waals surface area (Å²) < 4.78 is 2.09. The Morgan fingerprint density at radius 2 is 1.83 bits per heavy atom. The van der Waals surface area contributed by atoms with Gasteiger partial charge < -0.3 is 25.2 Å². The number of thiocarbonyl (C=S) groups is 1. The zero-order valence-corrected chi connectivity index (χ0v) is 25.5. The Kier molecular flexibility index (Phi) is 8.08. The van der Waals surface area contributed by atoms with Crippen LogP contribution in [0, 0.1) is 26.7 Å². The number of hydrogen-bond donors (Lipinski definition) is 3. The number of aromatic nitrogens is 2. The number of nitrogens with one attached hydrogen (secondary N) is 2. The lowest BCUT2D eigenvalue weighted by molar-refractivity contribution is -0.118. The molecule has 1 aliphatic rings. The SMILES string of the molecule is Cc1ccc(C(=O)O)cc1-n1c(C)cc([C@H]2[C@H](c3ccccn3)NC(=S)N2c2ccc(NC(=O)C(C)C)c(Cl)c2)c1C. The average Bonchev–Trinajstić information content (AvgIpc) is 3.45. The van der Waals surface area contributed by atoms with E-state index in [1.807, 2.05) is 69.9 Å². The summed E-state index contributed by atoms with van der Waals surface area (Å²) >= 11 is 12.6. The van der Waals surface area contributed by atoms with E-state index >= 15 is 0 Å². The van der Waals surface area contributed by atoms with Gasteiger partial charge in [-0.1, -0.05) is 37.6 Å². The van der Waals surface area contributed by atoms with Crippen molar-refractivity contribution in [2.75, 3.05) is 10.2 Å². The minimum Gasteiger partial charge on any atom is -0.478 e. The van der Waals surface area contributed by atoms with Gasteiger partial charge >= 0.3 is 5.97 Å². The zero-order chi connectivity index (χ0) is 30.3. The summed E-state index contributed by atoms with van der Waals surface area (Å²) in [5.74, 6) is -1.28. The Balaban J connectivity index is 1.64. The van der Waals surface area contributed by atoms with Crippen LogP contribution in [0.3, 0.4) is 0 Å². The fourth-order valence-corrected chi connectivity index (χ4v) is 5.99. The molecule has 42 heavy (non-hydrogen) atoms. The quantitative estimate of drug-likeness (QED) is 0.198. The number of benzene rings is 2. The summed E-state index contributed by atoms with van der Waals surface area (Å²) in [5.41, 5.74) is 7.01. The summed E-state index contributed by atoms with van der Waals surface area (Å²) in [6.45, 7) is 9.65. The molecule has 4 aromatic rings. The highest BCUT2D eigenvalue weighted by Crippen LogP contribution is 2.45. The Morgan fingerprint density at radius 3 is 2.48 bits per heavy atom. The van der Waals surface area contributed by atoms with Crippen molar-refractivity contribution < 1.29 is 14.7 Å². The topological polar surface area (TPSA) is 99.5 Å². The molecule has 5 rings (SSSR count). The molecule has 216 valence electrons. The van der Waals surface area contributed by atoms with Crippen molar-refractivity contribution in [2.45, 2.75) is 46.7 Å². The van der Waals surface area contributed by atoms with Crippen LogP contribution in [-0.2, 0) is 4.79 Å². The molecule has 2 aromatic heterocycles. The molecule has 1 saturated heterocycles. The Hall–Kier alpha value is -4.21. The van der Waals surface area contributed by atoms with Crippen molar-refractivity contribution in [2.24, 2.45) is 5.92 Å². The van der Waals surface area contributed by atoms with E-state index in [1.165, 1.54) is 0 Å². The first-order valence-corrected chi connectivity index (χ1v) is 14.4. The van der Waals surface area contributed by atoms with Gasteiger partial charge in [-0.05, 0) is 92.6 Å². The van der Waals surface area contributed by atoms with Crippen LogP contribution >= 0.6 is 23.8 Å². The molecule has 3 N–H and O–H groups in total. The van der Waals surface area contributed by atoms with Crippen LogP contribution in [0.25, 0.3) is 5.69 Å². The molecule has 1 aliphatic heterocycles. The fourth-order valence-electron chi connectivity index (χ4n) is 5.42. The first kappa shape index (κ1) is 29.3. The maximum Gasteiger partial charge on any atom is 0.335 e. The number of hydrogen-bond acceptors (Lipinski definition) is 4. The maximum atomic E-state index is 12.3. The van der Waals surface area contributed by atoms with Crippen LogP contribution in [0.4, 0.5) is 11.4 Å². The number of carboxylic acid groups (broad SMARTS) is 1. The molecule has 10 heteroatoms. The van der Waals surface area contributed by atoms with E-state index in [1.54, 1.807) is 30.5 Å². The predicted octanol–water partition coefficient (Wildman–Crippen LogP) is 6.92. The third-order valence-electron chi connectivity index (χ3n) is 7.60. The summed E-state index contributed by atoms with van der Waals surface area (Å²) in [7, 11) is 0. The smallest absolute Gasteiger partial charge is 0.335 e. The lowest BCUT2D eigenvalue weighted by Crippen LogP contribution is -2.29. The number of nitrogens with zero attached hydrogens (tertiary/aromatic N) is 3. The molecule has 2 aromatic carbocycles. The normalized spacial score (nSPS) is 16.5. The highest BCUT2D eigenvalue weighted by atomic mass is 35.5. The molecule has 0 aliphatic carbocycles. The van der Waals surface area contributed by atoms with E-state index in [-0.39, 0.29) is 29.5 Å². The molecular formula is C32H32ClN5O3S. The summed E-state index contributed by atoms with van der Waals surface area (Å²) in [4.78, 5) is 30.8. The second-order valence-corrected chi connectivity index (χ2v) is 11.6. The van der Waals surface area contributed by atoms with E-state index in [2.05, 4.69) is 26.3 Å². The van der Waals surface area contributed by atoms with Crippen molar-refractivity contribution in [1.29, 1.82) is 0 Å². The second-order valence-electron chi connectivity index (χ2n) is 10.8. The second kappa shape index (κ2) is 11.6. The van der Waals surface area contributed by atoms with Gasteiger partial charge in [-0.15, -0.1) is 0 Å². The number of pyridine rings is 1. The molecule has 0 unspecified atom stereocenters. The molecular weight excluding hydrogens is 570 g/mol. The van der Waals surface area contributed by atoms with Crippen molar-refractivity contribution in [3.8, 4) is 5.69 Å². The largest absolute Gasteiger partial charge is 0.478 e. The lowest BCUT2D eigenvalue weighted by atomic mass is 9.96. The molecule has 0 radical (unpaired) electrons. The van der Waals surface area contributed by atoms with E-state index < -0.39 is 5.97 Å². The first-order chi connectivity index (χ1) is 20.0. The number of aromatic carboxylic acids is 1. The van der Waals surface area contributed by atoms with Crippen molar-refractivity contribution in [1.82, 2.24) is 14.9 Å². The van der Waals surface area contributed by atoms with E-state index in [9.17, 15) is 14.7 Å². The van der Waals surface area contributed by atoms with Gasteiger partial charge in [0, 0.05) is 34.9 Å². The minimum absolute atomic E-state index is 0.120. The molecule has 0 spiro atoms. The molecule has 8 nitrogen and oxygen atoms in total. The Morgan fingerprint density at radius 1 is 1.07 bits per heavy atom. The van der Waals surface area contributed by atoms with Crippen molar-refractivity contribution in [3.05, 3.63) is 106 Å². The van der Waals surface area contributed by atoms with E-state index in [4.69, 9.17) is 23.8 Å². The first-order valence-electron chi connectivity index (χ1n) is 13.6. The van der Waals surface area contributed by atoms with Gasteiger partial charge in [-0.3, -0.25) is 9.78 Å². The van der Waals surface area contributed by atoms with Gasteiger partial charge in [0.05, 0.1) is 34.1 Å². The van der Waals surface area contributed by atoms with Gasteiger partial charge in [-0.25, -0.2) is 4.79 Å². The molecule has 3 heterocycles. The maximum absolute atomic E-state index is 12.3. The van der Waals surface area contributed by atoms with Crippen LogP contribution in [-0.4, -0.2) is 31.6 Å². The summed E-state index contributed by atoms with van der Waals surface area (Å²) in [6.07, 6.45) is 1.76. The molecule has 1 amide bonds. The summed E-state index contributed by atoms with van der Waals surface area (Å²) in [6, 6.07) is 17.9. The highest BCUT2D eigenvalue weighted by Gasteiger charge is 2.42. The number of anilines is 2. The number of amides is 1.